The molecular formula is C17H20F3NO3. The second-order valence-corrected chi connectivity index (χ2v) is 6.78. The summed E-state index contributed by atoms with van der Waals surface area (Å²) >= 11 is 0. The first-order valence-electron chi connectivity index (χ1n) is 7.99. The Kier molecular flexibility index (Phi) is 4.34. The van der Waals surface area contributed by atoms with Crippen LogP contribution in [0.5, 0.6) is 0 Å². The minimum atomic E-state index is -5.08. The van der Waals surface area contributed by atoms with Gasteiger partial charge < -0.3 is 15.2 Å². The number of halogens is 3. The molecule has 4 rings (SSSR count). The standard InChI is InChI=1S/C15H19NO.C2HF3O2/c1-15-9-16-7-14(15)12-4-2-3-11(10-5-6-10)13(12)8-17-15;3-2(4,5)1(6)7/h2-4,10,14,16H,5-9H2,1H3;(H,6,7). The van der Waals surface area contributed by atoms with Crippen molar-refractivity contribution in [3.8, 4) is 0 Å². The van der Waals surface area contributed by atoms with Crippen molar-refractivity contribution in [2.75, 3.05) is 13.1 Å². The predicted molar refractivity (Wildman–Crippen MR) is 80.9 cm³/mol. The Labute approximate surface area is 138 Å². The number of benzene rings is 1. The molecule has 2 fully saturated rings. The van der Waals surface area contributed by atoms with Gasteiger partial charge in [-0.3, -0.25) is 0 Å². The van der Waals surface area contributed by atoms with Crippen molar-refractivity contribution in [1.82, 2.24) is 5.32 Å². The lowest BCUT2D eigenvalue weighted by atomic mass is 9.80. The first kappa shape index (κ1) is 17.2. The summed E-state index contributed by atoms with van der Waals surface area (Å²) < 4.78 is 37.9. The highest BCUT2D eigenvalue weighted by Gasteiger charge is 2.45. The van der Waals surface area contributed by atoms with E-state index >= 15 is 0 Å². The SMILES string of the molecule is CC12CNCC1c1cccc(C3CC3)c1CO2.O=C(O)C(F)(F)F. The van der Waals surface area contributed by atoms with Gasteiger partial charge >= 0.3 is 12.1 Å². The Morgan fingerprint density at radius 1 is 1.33 bits per heavy atom. The average Bonchev–Trinajstić information content (AvgIpc) is 3.27. The van der Waals surface area contributed by atoms with Crippen molar-refractivity contribution in [2.24, 2.45) is 0 Å². The molecule has 3 aliphatic rings. The number of carbonyl (C=O) groups is 1. The van der Waals surface area contributed by atoms with Crippen molar-refractivity contribution in [2.45, 2.75) is 50.0 Å². The number of hydrogen-bond donors (Lipinski definition) is 2. The van der Waals surface area contributed by atoms with Crippen LogP contribution in [-0.4, -0.2) is 35.9 Å². The summed E-state index contributed by atoms with van der Waals surface area (Å²) in [7, 11) is 0. The smallest absolute Gasteiger partial charge is 0.475 e. The zero-order valence-corrected chi connectivity index (χ0v) is 13.3. The maximum atomic E-state index is 10.6. The molecule has 2 N–H and O–H groups in total. The summed E-state index contributed by atoms with van der Waals surface area (Å²) in [6, 6.07) is 6.88. The molecule has 0 radical (unpaired) electrons. The van der Waals surface area contributed by atoms with E-state index in [1.807, 2.05) is 0 Å². The molecule has 7 heteroatoms. The van der Waals surface area contributed by atoms with Gasteiger partial charge in [-0.05, 0) is 42.4 Å². The topological polar surface area (TPSA) is 58.6 Å². The number of carboxylic acid groups (broad SMARTS) is 1. The Morgan fingerprint density at radius 2 is 1.96 bits per heavy atom. The highest BCUT2D eigenvalue weighted by atomic mass is 19.4. The van der Waals surface area contributed by atoms with Crippen LogP contribution in [0.2, 0.25) is 0 Å². The van der Waals surface area contributed by atoms with Crippen LogP contribution in [0.3, 0.4) is 0 Å². The summed E-state index contributed by atoms with van der Waals surface area (Å²) in [6.07, 6.45) is -2.34. The minimum absolute atomic E-state index is 0.0230. The van der Waals surface area contributed by atoms with Crippen molar-refractivity contribution in [1.29, 1.82) is 0 Å². The molecule has 4 nitrogen and oxygen atoms in total. The lowest BCUT2D eigenvalue weighted by Gasteiger charge is -2.38. The second kappa shape index (κ2) is 6.04. The lowest BCUT2D eigenvalue weighted by molar-refractivity contribution is -0.192. The molecule has 2 atom stereocenters. The molecule has 24 heavy (non-hydrogen) atoms. The van der Waals surface area contributed by atoms with Gasteiger partial charge in [0, 0.05) is 19.0 Å². The van der Waals surface area contributed by atoms with E-state index in [-0.39, 0.29) is 5.60 Å². The van der Waals surface area contributed by atoms with Gasteiger partial charge in [0.05, 0.1) is 12.2 Å². The monoisotopic (exact) mass is 343 g/mol. The zero-order valence-electron chi connectivity index (χ0n) is 13.3. The van der Waals surface area contributed by atoms with Crippen LogP contribution in [0, 0.1) is 0 Å². The normalized spacial score (nSPS) is 28.4. The second-order valence-electron chi connectivity index (χ2n) is 6.78. The minimum Gasteiger partial charge on any atom is -0.475 e. The van der Waals surface area contributed by atoms with Gasteiger partial charge in [-0.2, -0.15) is 13.2 Å². The van der Waals surface area contributed by atoms with E-state index in [0.717, 1.165) is 25.6 Å². The summed E-state index contributed by atoms with van der Waals surface area (Å²) in [5, 5.41) is 10.6. The number of carboxylic acids is 1. The van der Waals surface area contributed by atoms with Gasteiger partial charge in [-0.15, -0.1) is 0 Å². The van der Waals surface area contributed by atoms with E-state index < -0.39 is 12.1 Å². The van der Waals surface area contributed by atoms with E-state index in [0.29, 0.717) is 5.92 Å². The summed E-state index contributed by atoms with van der Waals surface area (Å²) in [5.74, 6) is -1.38. The third-order valence-corrected chi connectivity index (χ3v) is 4.99. The average molecular weight is 343 g/mol. The number of hydrogen-bond acceptors (Lipinski definition) is 3. The van der Waals surface area contributed by atoms with Crippen molar-refractivity contribution < 1.29 is 27.8 Å². The predicted octanol–water partition coefficient (Wildman–Crippen LogP) is 3.17. The maximum Gasteiger partial charge on any atom is 0.490 e. The van der Waals surface area contributed by atoms with Gasteiger partial charge in [0.25, 0.3) is 0 Å². The van der Waals surface area contributed by atoms with Crippen LogP contribution in [0.15, 0.2) is 18.2 Å². The van der Waals surface area contributed by atoms with Gasteiger partial charge in [0.2, 0.25) is 0 Å². The van der Waals surface area contributed by atoms with Gasteiger partial charge in [-0.1, -0.05) is 18.2 Å². The Bertz CT molecular complexity index is 642. The zero-order chi connectivity index (χ0) is 17.5. The van der Waals surface area contributed by atoms with Crippen LogP contribution in [-0.2, 0) is 16.1 Å². The van der Waals surface area contributed by atoms with Gasteiger partial charge in [0.1, 0.15) is 0 Å². The molecule has 0 aromatic heterocycles. The molecular weight excluding hydrogens is 323 g/mol. The Hall–Kier alpha value is -1.60. The third-order valence-electron chi connectivity index (χ3n) is 4.99. The number of nitrogens with one attached hydrogen (secondary N) is 1. The molecule has 132 valence electrons. The number of aliphatic carboxylic acids is 1. The number of rotatable bonds is 1. The molecule has 2 heterocycles. The Morgan fingerprint density at radius 3 is 2.54 bits per heavy atom. The van der Waals surface area contributed by atoms with Crippen LogP contribution in [0.4, 0.5) is 13.2 Å². The van der Waals surface area contributed by atoms with Gasteiger partial charge in [0.15, 0.2) is 0 Å². The van der Waals surface area contributed by atoms with Crippen LogP contribution in [0.1, 0.15) is 48.3 Å². The van der Waals surface area contributed by atoms with Crippen LogP contribution < -0.4 is 5.32 Å². The lowest BCUT2D eigenvalue weighted by Crippen LogP contribution is -2.40. The van der Waals surface area contributed by atoms with Crippen molar-refractivity contribution in [3.05, 3.63) is 34.9 Å². The van der Waals surface area contributed by atoms with E-state index in [9.17, 15) is 13.2 Å². The molecule has 1 saturated carbocycles. The largest absolute Gasteiger partial charge is 0.490 e. The molecule has 1 saturated heterocycles. The quantitative estimate of drug-likeness (QED) is 0.822. The highest BCUT2D eigenvalue weighted by molar-refractivity contribution is 5.73. The molecule has 0 spiro atoms. The molecule has 1 aromatic carbocycles. The first-order valence-corrected chi connectivity index (χ1v) is 7.99. The first-order chi connectivity index (χ1) is 11.2. The Balaban J connectivity index is 0.000000209. The molecule has 2 unspecified atom stereocenters. The fourth-order valence-electron chi connectivity index (χ4n) is 3.52. The number of fused-ring (bicyclic) bond motifs is 3. The van der Waals surface area contributed by atoms with E-state index in [4.69, 9.17) is 14.6 Å². The fourth-order valence-corrected chi connectivity index (χ4v) is 3.52. The van der Waals surface area contributed by atoms with E-state index in [1.54, 1.807) is 11.1 Å². The van der Waals surface area contributed by atoms with E-state index in [2.05, 4.69) is 30.4 Å². The van der Waals surface area contributed by atoms with Gasteiger partial charge in [-0.25, -0.2) is 4.79 Å². The third kappa shape index (κ3) is 3.28. The molecule has 1 aromatic rings. The van der Waals surface area contributed by atoms with Crippen LogP contribution in [0.25, 0.3) is 0 Å². The summed E-state index contributed by atoms with van der Waals surface area (Å²) in [4.78, 5) is 8.90. The summed E-state index contributed by atoms with van der Waals surface area (Å²) in [6.45, 7) is 5.13. The fraction of sp³-hybridized carbons (Fsp3) is 0.588. The number of ether oxygens (including phenoxy) is 1. The van der Waals surface area contributed by atoms with Crippen molar-refractivity contribution in [3.63, 3.8) is 0 Å². The van der Waals surface area contributed by atoms with E-state index in [1.165, 1.54) is 18.4 Å². The van der Waals surface area contributed by atoms with Crippen molar-refractivity contribution >= 4 is 5.97 Å². The maximum absolute atomic E-state index is 10.6. The molecule has 2 aliphatic heterocycles. The molecule has 1 aliphatic carbocycles. The molecule has 0 bridgehead atoms. The number of alkyl halides is 3. The van der Waals surface area contributed by atoms with Crippen LogP contribution >= 0.6 is 0 Å². The summed E-state index contributed by atoms with van der Waals surface area (Å²) in [5.41, 5.74) is 4.64. The highest BCUT2D eigenvalue weighted by Crippen LogP contribution is 2.47. The molecule has 0 amide bonds.